The van der Waals surface area contributed by atoms with Gasteiger partial charge in [0.1, 0.15) is 0 Å². The molecule has 0 spiro atoms. The van der Waals surface area contributed by atoms with Gasteiger partial charge in [-0.05, 0) is 12.1 Å². The van der Waals surface area contributed by atoms with Gasteiger partial charge in [0.2, 0.25) is 6.41 Å². The molecule has 0 saturated heterocycles. The van der Waals surface area contributed by atoms with E-state index in [0.717, 1.165) is 0 Å². The molecule has 2 N–H and O–H groups in total. The van der Waals surface area contributed by atoms with Crippen LogP contribution in [0.3, 0.4) is 0 Å². The maximum Gasteiger partial charge on any atom is 0.330 e. The fourth-order valence-corrected chi connectivity index (χ4v) is 1.62. The lowest BCUT2D eigenvalue weighted by Gasteiger charge is -2.13. The van der Waals surface area contributed by atoms with Gasteiger partial charge in [0.05, 0.1) is 0 Å². The van der Waals surface area contributed by atoms with Gasteiger partial charge in [-0.25, -0.2) is 4.79 Å². The van der Waals surface area contributed by atoms with E-state index >= 15 is 0 Å². The molecule has 6 heteroatoms. The zero-order chi connectivity index (χ0) is 11.4. The first-order valence-electron chi connectivity index (χ1n) is 3.93. The molecule has 0 aliphatic rings. The van der Waals surface area contributed by atoms with Crippen LogP contribution in [0.1, 0.15) is 11.6 Å². The summed E-state index contributed by atoms with van der Waals surface area (Å²) in [6, 6.07) is 3.22. The van der Waals surface area contributed by atoms with Crippen LogP contribution in [0.15, 0.2) is 18.2 Å². The summed E-state index contributed by atoms with van der Waals surface area (Å²) < 4.78 is 0. The van der Waals surface area contributed by atoms with Gasteiger partial charge in [-0.1, -0.05) is 29.3 Å². The fourth-order valence-electron chi connectivity index (χ4n) is 1.10. The van der Waals surface area contributed by atoms with Gasteiger partial charge >= 0.3 is 5.97 Å². The average molecular weight is 248 g/mol. The molecule has 0 aromatic heterocycles. The number of carbonyl (C=O) groups is 2. The number of rotatable bonds is 4. The number of carboxylic acid groups (broad SMARTS) is 1. The maximum absolute atomic E-state index is 10.8. The molecular weight excluding hydrogens is 241 g/mol. The molecule has 0 fully saturated rings. The first kappa shape index (κ1) is 11.8. The highest BCUT2D eigenvalue weighted by Gasteiger charge is 2.21. The molecule has 1 unspecified atom stereocenters. The molecule has 0 bridgehead atoms. The van der Waals surface area contributed by atoms with E-state index in [9.17, 15) is 9.59 Å². The predicted molar refractivity (Wildman–Crippen MR) is 56.0 cm³/mol. The highest BCUT2D eigenvalue weighted by Crippen LogP contribution is 2.26. The Morgan fingerprint density at radius 2 is 2.13 bits per heavy atom. The van der Waals surface area contributed by atoms with Crippen molar-refractivity contribution in [2.75, 3.05) is 0 Å². The van der Waals surface area contributed by atoms with Gasteiger partial charge in [-0.3, -0.25) is 4.79 Å². The van der Waals surface area contributed by atoms with Crippen molar-refractivity contribution in [3.8, 4) is 0 Å². The lowest BCUT2D eigenvalue weighted by molar-refractivity contribution is -0.140. The van der Waals surface area contributed by atoms with Crippen LogP contribution in [0, 0.1) is 0 Å². The molecule has 1 aromatic rings. The van der Waals surface area contributed by atoms with Gasteiger partial charge in [-0.2, -0.15) is 0 Å². The minimum Gasteiger partial charge on any atom is -0.479 e. The molecule has 0 aliphatic heterocycles. The summed E-state index contributed by atoms with van der Waals surface area (Å²) in [4.78, 5) is 21.0. The van der Waals surface area contributed by atoms with E-state index in [1.807, 2.05) is 0 Å². The lowest BCUT2D eigenvalue weighted by Crippen LogP contribution is -2.27. The van der Waals surface area contributed by atoms with Crippen LogP contribution in [0.2, 0.25) is 10.0 Å². The molecule has 1 atom stereocenters. The lowest BCUT2D eigenvalue weighted by atomic mass is 10.1. The van der Waals surface area contributed by atoms with Crippen LogP contribution in [0.25, 0.3) is 0 Å². The Hall–Kier alpha value is -1.26. The third-order valence-corrected chi connectivity index (χ3v) is 2.32. The van der Waals surface area contributed by atoms with Crippen LogP contribution < -0.4 is 5.32 Å². The van der Waals surface area contributed by atoms with Crippen molar-refractivity contribution in [2.24, 2.45) is 0 Å². The summed E-state index contributed by atoms with van der Waals surface area (Å²) in [7, 11) is 0. The highest BCUT2D eigenvalue weighted by atomic mass is 35.5. The summed E-state index contributed by atoms with van der Waals surface area (Å²) in [6.45, 7) is 0. The molecule has 1 rings (SSSR count). The number of hydrogen-bond donors (Lipinski definition) is 2. The zero-order valence-corrected chi connectivity index (χ0v) is 8.92. The van der Waals surface area contributed by atoms with Crippen molar-refractivity contribution in [1.82, 2.24) is 5.32 Å². The standard InChI is InChI=1S/C9H7Cl2NO3/c10-5-1-2-6(7(11)3-5)8(9(14)15)12-4-13/h1-4,8H,(H,12,13)(H,14,15). The zero-order valence-electron chi connectivity index (χ0n) is 7.41. The minimum absolute atomic E-state index is 0.198. The number of amides is 1. The van der Waals surface area contributed by atoms with Gasteiger partial charge in [0.25, 0.3) is 0 Å². The molecule has 0 heterocycles. The van der Waals surface area contributed by atoms with Crippen molar-refractivity contribution in [3.63, 3.8) is 0 Å². The van der Waals surface area contributed by atoms with Crippen LogP contribution in [-0.2, 0) is 9.59 Å². The Balaban J connectivity index is 3.10. The van der Waals surface area contributed by atoms with E-state index in [1.165, 1.54) is 18.2 Å². The van der Waals surface area contributed by atoms with E-state index in [4.69, 9.17) is 28.3 Å². The normalized spacial score (nSPS) is 11.9. The Morgan fingerprint density at radius 3 is 2.60 bits per heavy atom. The number of aliphatic carboxylic acids is 1. The molecular formula is C9H7Cl2NO3. The Morgan fingerprint density at radius 1 is 1.47 bits per heavy atom. The average Bonchev–Trinajstić information content (AvgIpc) is 2.15. The molecule has 1 aromatic carbocycles. The Labute approximate surface area is 95.8 Å². The van der Waals surface area contributed by atoms with Crippen molar-refractivity contribution >= 4 is 35.6 Å². The number of carbonyl (C=O) groups excluding carboxylic acids is 1. The van der Waals surface area contributed by atoms with E-state index < -0.39 is 12.0 Å². The van der Waals surface area contributed by atoms with E-state index in [-0.39, 0.29) is 5.02 Å². The van der Waals surface area contributed by atoms with E-state index in [2.05, 4.69) is 5.32 Å². The number of benzene rings is 1. The van der Waals surface area contributed by atoms with Crippen molar-refractivity contribution in [1.29, 1.82) is 0 Å². The molecule has 80 valence electrons. The molecule has 0 aliphatic carbocycles. The highest BCUT2D eigenvalue weighted by molar-refractivity contribution is 6.35. The summed E-state index contributed by atoms with van der Waals surface area (Å²) in [5.74, 6) is -1.19. The fraction of sp³-hybridized carbons (Fsp3) is 0.111. The Kier molecular flexibility index (Phi) is 3.94. The molecule has 0 saturated carbocycles. The van der Waals surface area contributed by atoms with Crippen LogP contribution in [-0.4, -0.2) is 17.5 Å². The van der Waals surface area contributed by atoms with Crippen molar-refractivity contribution in [2.45, 2.75) is 6.04 Å². The SMILES string of the molecule is O=CNC(C(=O)O)c1ccc(Cl)cc1Cl. The van der Waals surface area contributed by atoms with E-state index in [1.54, 1.807) is 0 Å². The maximum atomic E-state index is 10.8. The number of carboxylic acids is 1. The number of halogens is 2. The van der Waals surface area contributed by atoms with Crippen molar-refractivity contribution in [3.05, 3.63) is 33.8 Å². The van der Waals surface area contributed by atoms with Gasteiger partial charge in [0.15, 0.2) is 6.04 Å². The predicted octanol–water partition coefficient (Wildman–Crippen LogP) is 1.87. The topological polar surface area (TPSA) is 66.4 Å². The number of hydrogen-bond acceptors (Lipinski definition) is 2. The first-order valence-corrected chi connectivity index (χ1v) is 4.69. The summed E-state index contributed by atoms with van der Waals surface area (Å²) in [5.41, 5.74) is 0.292. The molecule has 4 nitrogen and oxygen atoms in total. The quantitative estimate of drug-likeness (QED) is 0.799. The first-order chi connectivity index (χ1) is 7.06. The van der Waals surface area contributed by atoms with Gasteiger partial charge in [0, 0.05) is 15.6 Å². The van der Waals surface area contributed by atoms with Crippen molar-refractivity contribution < 1.29 is 14.7 Å². The Bertz CT molecular complexity index is 395. The van der Waals surface area contributed by atoms with E-state index in [0.29, 0.717) is 17.0 Å². The third-order valence-electron chi connectivity index (χ3n) is 1.76. The second kappa shape index (κ2) is 5.00. The van der Waals surface area contributed by atoms with Gasteiger partial charge < -0.3 is 10.4 Å². The summed E-state index contributed by atoms with van der Waals surface area (Å²) in [5, 5.41) is 11.6. The monoisotopic (exact) mass is 247 g/mol. The van der Waals surface area contributed by atoms with Crippen LogP contribution >= 0.6 is 23.2 Å². The molecule has 15 heavy (non-hydrogen) atoms. The summed E-state index contributed by atoms with van der Waals surface area (Å²) in [6.07, 6.45) is 0.309. The minimum atomic E-state index is -1.19. The second-order valence-electron chi connectivity index (χ2n) is 2.72. The van der Waals surface area contributed by atoms with Crippen LogP contribution in [0.5, 0.6) is 0 Å². The number of nitrogens with one attached hydrogen (secondary N) is 1. The smallest absolute Gasteiger partial charge is 0.330 e. The third kappa shape index (κ3) is 2.84. The summed E-state index contributed by atoms with van der Waals surface area (Å²) >= 11 is 11.5. The van der Waals surface area contributed by atoms with Crippen LogP contribution in [0.4, 0.5) is 0 Å². The van der Waals surface area contributed by atoms with Gasteiger partial charge in [-0.15, -0.1) is 0 Å². The largest absolute Gasteiger partial charge is 0.479 e. The second-order valence-corrected chi connectivity index (χ2v) is 3.57. The molecule has 0 radical (unpaired) electrons. The molecule has 1 amide bonds.